The van der Waals surface area contributed by atoms with Crippen molar-refractivity contribution in [1.82, 2.24) is 4.98 Å². The van der Waals surface area contributed by atoms with Gasteiger partial charge in [-0.1, -0.05) is 18.6 Å². The summed E-state index contributed by atoms with van der Waals surface area (Å²) in [6.07, 6.45) is 1.67. The van der Waals surface area contributed by atoms with E-state index >= 15 is 0 Å². The minimum absolute atomic E-state index is 0.704. The van der Waals surface area contributed by atoms with Crippen LogP contribution in [0.2, 0.25) is 0 Å². The number of aryl methyl sites for hydroxylation is 2. The van der Waals surface area contributed by atoms with Gasteiger partial charge in [-0.2, -0.15) is 0 Å². The molecule has 0 aliphatic carbocycles. The van der Waals surface area contributed by atoms with Crippen LogP contribution in [-0.4, -0.2) is 11.3 Å². The maximum absolute atomic E-state index is 10.9. The molecule has 1 aromatic heterocycles. The highest BCUT2D eigenvalue weighted by Crippen LogP contribution is 2.17. The Balaban J connectivity index is 2.75. The molecular weight excluding hydrogens is 186 g/mol. The van der Waals surface area contributed by atoms with Crippen LogP contribution in [0.5, 0.6) is 0 Å². The summed E-state index contributed by atoms with van der Waals surface area (Å²) < 4.78 is 0. The molecule has 0 radical (unpaired) electrons. The first-order valence-electron chi connectivity index (χ1n) is 5.10. The van der Waals surface area contributed by atoms with E-state index in [0.717, 1.165) is 29.3 Å². The number of nitrogens with zero attached hydrogens (tertiary/aromatic N) is 1. The zero-order valence-corrected chi connectivity index (χ0v) is 8.95. The molecule has 0 saturated heterocycles. The van der Waals surface area contributed by atoms with Crippen LogP contribution in [0.4, 0.5) is 0 Å². The van der Waals surface area contributed by atoms with Gasteiger partial charge in [0.15, 0.2) is 6.29 Å². The molecule has 0 fully saturated rings. The Morgan fingerprint density at radius 1 is 1.33 bits per heavy atom. The van der Waals surface area contributed by atoms with Gasteiger partial charge in [-0.3, -0.25) is 9.78 Å². The number of pyridine rings is 1. The molecule has 2 aromatic rings. The van der Waals surface area contributed by atoms with Crippen molar-refractivity contribution in [3.63, 3.8) is 0 Å². The molecule has 1 aromatic carbocycles. The minimum Gasteiger partial charge on any atom is -0.298 e. The minimum atomic E-state index is 0.704. The first-order valence-corrected chi connectivity index (χ1v) is 5.10. The second-order valence-electron chi connectivity index (χ2n) is 3.69. The smallest absolute Gasteiger partial charge is 0.151 e. The van der Waals surface area contributed by atoms with Crippen LogP contribution < -0.4 is 0 Å². The van der Waals surface area contributed by atoms with E-state index in [0.29, 0.717) is 5.56 Å². The summed E-state index contributed by atoms with van der Waals surface area (Å²) in [6.45, 7) is 4.04. The Morgan fingerprint density at radius 3 is 2.80 bits per heavy atom. The van der Waals surface area contributed by atoms with Crippen molar-refractivity contribution in [3.05, 3.63) is 41.1 Å². The Labute approximate surface area is 89.0 Å². The molecule has 0 aliphatic heterocycles. The topological polar surface area (TPSA) is 30.0 Å². The number of carbonyl (C=O) groups excluding carboxylic acids is 1. The zero-order valence-electron chi connectivity index (χ0n) is 8.95. The van der Waals surface area contributed by atoms with E-state index in [1.807, 2.05) is 32.0 Å². The maximum atomic E-state index is 10.9. The molecule has 1 heterocycles. The summed E-state index contributed by atoms with van der Waals surface area (Å²) in [5.41, 5.74) is 3.73. The average Bonchev–Trinajstić information content (AvgIpc) is 2.27. The molecule has 0 atom stereocenters. The number of benzene rings is 1. The third-order valence-electron chi connectivity index (χ3n) is 2.54. The fourth-order valence-corrected chi connectivity index (χ4v) is 1.74. The fraction of sp³-hybridized carbons (Fsp3) is 0.231. The highest BCUT2D eigenvalue weighted by Gasteiger charge is 2.04. The summed E-state index contributed by atoms with van der Waals surface area (Å²) in [6, 6.07) is 8.00. The van der Waals surface area contributed by atoms with Crippen molar-refractivity contribution < 1.29 is 4.79 Å². The number of fused-ring (bicyclic) bond motifs is 1. The van der Waals surface area contributed by atoms with Crippen LogP contribution >= 0.6 is 0 Å². The van der Waals surface area contributed by atoms with Crippen LogP contribution in [-0.2, 0) is 6.42 Å². The molecule has 2 heteroatoms. The Hall–Kier alpha value is -1.70. The van der Waals surface area contributed by atoms with E-state index in [1.54, 1.807) is 0 Å². The predicted octanol–water partition coefficient (Wildman–Crippen LogP) is 2.92. The van der Waals surface area contributed by atoms with Crippen LogP contribution in [0.3, 0.4) is 0 Å². The molecule has 0 unspecified atom stereocenters. The van der Waals surface area contributed by atoms with Crippen molar-refractivity contribution in [2.45, 2.75) is 20.3 Å². The highest BCUT2D eigenvalue weighted by molar-refractivity contribution is 5.87. The molecule has 0 spiro atoms. The summed E-state index contributed by atoms with van der Waals surface area (Å²) in [4.78, 5) is 15.3. The van der Waals surface area contributed by atoms with Gasteiger partial charge >= 0.3 is 0 Å². The molecule has 2 nitrogen and oxygen atoms in total. The normalized spacial score (nSPS) is 10.5. The van der Waals surface area contributed by atoms with Crippen LogP contribution in [0.25, 0.3) is 10.9 Å². The van der Waals surface area contributed by atoms with Gasteiger partial charge in [0.25, 0.3) is 0 Å². The van der Waals surface area contributed by atoms with Crippen molar-refractivity contribution >= 4 is 17.2 Å². The predicted molar refractivity (Wildman–Crippen MR) is 61.2 cm³/mol. The van der Waals surface area contributed by atoms with E-state index in [9.17, 15) is 4.79 Å². The molecule has 2 rings (SSSR count). The second-order valence-corrected chi connectivity index (χ2v) is 3.69. The molecule has 0 amide bonds. The van der Waals surface area contributed by atoms with Gasteiger partial charge in [-0.25, -0.2) is 0 Å². The third kappa shape index (κ3) is 1.75. The Kier molecular flexibility index (Phi) is 2.50. The van der Waals surface area contributed by atoms with Gasteiger partial charge in [-0.05, 0) is 31.5 Å². The van der Waals surface area contributed by atoms with E-state index in [2.05, 4.69) is 11.1 Å². The lowest BCUT2D eigenvalue weighted by Gasteiger charge is -2.04. The van der Waals surface area contributed by atoms with E-state index in [4.69, 9.17) is 0 Å². The van der Waals surface area contributed by atoms with Crippen molar-refractivity contribution in [2.75, 3.05) is 0 Å². The van der Waals surface area contributed by atoms with Crippen molar-refractivity contribution in [1.29, 1.82) is 0 Å². The second kappa shape index (κ2) is 3.81. The number of rotatable bonds is 2. The molecule has 0 aliphatic rings. The number of hydrogen-bond acceptors (Lipinski definition) is 2. The van der Waals surface area contributed by atoms with E-state index in [-0.39, 0.29) is 0 Å². The lowest BCUT2D eigenvalue weighted by Crippen LogP contribution is -1.96. The van der Waals surface area contributed by atoms with Crippen molar-refractivity contribution in [2.24, 2.45) is 0 Å². The molecule has 0 saturated carbocycles. The molecule has 15 heavy (non-hydrogen) atoms. The van der Waals surface area contributed by atoms with Gasteiger partial charge < -0.3 is 0 Å². The first-order chi connectivity index (χ1) is 7.24. The number of hydrogen-bond donors (Lipinski definition) is 0. The lowest BCUT2D eigenvalue weighted by atomic mass is 10.1. The van der Waals surface area contributed by atoms with Crippen LogP contribution in [0.15, 0.2) is 24.3 Å². The maximum Gasteiger partial charge on any atom is 0.151 e. The van der Waals surface area contributed by atoms with Crippen LogP contribution in [0, 0.1) is 6.92 Å². The van der Waals surface area contributed by atoms with E-state index in [1.165, 1.54) is 5.56 Å². The number of aldehydes is 1. The van der Waals surface area contributed by atoms with Gasteiger partial charge in [0, 0.05) is 10.9 Å². The fourth-order valence-electron chi connectivity index (χ4n) is 1.74. The summed E-state index contributed by atoms with van der Waals surface area (Å²) >= 11 is 0. The van der Waals surface area contributed by atoms with Gasteiger partial charge in [-0.15, -0.1) is 0 Å². The first kappa shape index (κ1) is 9.84. The zero-order chi connectivity index (χ0) is 10.8. The molecule has 0 bridgehead atoms. The summed E-state index contributed by atoms with van der Waals surface area (Å²) in [5, 5.41) is 1.04. The molecular formula is C13H13NO. The Morgan fingerprint density at radius 2 is 2.13 bits per heavy atom. The SMILES string of the molecule is CCc1nc2ccc(C)cc2cc1C=O. The monoisotopic (exact) mass is 199 g/mol. The standard InChI is InChI=1S/C13H13NO/c1-3-12-11(8-15)7-10-6-9(2)4-5-13(10)14-12/h4-8H,3H2,1-2H3. The largest absolute Gasteiger partial charge is 0.298 e. The van der Waals surface area contributed by atoms with Gasteiger partial charge in [0.2, 0.25) is 0 Å². The summed E-state index contributed by atoms with van der Waals surface area (Å²) in [7, 11) is 0. The van der Waals surface area contributed by atoms with Crippen molar-refractivity contribution in [3.8, 4) is 0 Å². The quantitative estimate of drug-likeness (QED) is 0.696. The van der Waals surface area contributed by atoms with Gasteiger partial charge in [0.1, 0.15) is 0 Å². The molecule has 0 N–H and O–H groups in total. The molecule has 76 valence electrons. The number of aromatic nitrogens is 1. The Bertz CT molecular complexity index is 517. The average molecular weight is 199 g/mol. The summed E-state index contributed by atoms with van der Waals surface area (Å²) in [5.74, 6) is 0. The van der Waals surface area contributed by atoms with Gasteiger partial charge in [0.05, 0.1) is 11.2 Å². The van der Waals surface area contributed by atoms with Crippen LogP contribution in [0.1, 0.15) is 28.5 Å². The van der Waals surface area contributed by atoms with E-state index < -0.39 is 0 Å². The number of carbonyl (C=O) groups is 1. The lowest BCUT2D eigenvalue weighted by molar-refractivity contribution is 0.112. The third-order valence-corrected chi connectivity index (χ3v) is 2.54. The highest BCUT2D eigenvalue weighted by atomic mass is 16.1.